The van der Waals surface area contributed by atoms with Crippen LogP contribution in [0.3, 0.4) is 0 Å². The van der Waals surface area contributed by atoms with Crippen molar-refractivity contribution < 1.29 is 9.47 Å². The van der Waals surface area contributed by atoms with E-state index in [4.69, 9.17) is 15.3 Å². The number of benzene rings is 1. The predicted molar refractivity (Wildman–Crippen MR) is 50.8 cm³/mol. The minimum atomic E-state index is 0.592. The smallest absolute Gasteiger partial charge is 0.161 e. The van der Waals surface area contributed by atoms with Gasteiger partial charge in [-0.3, -0.25) is 0 Å². The van der Waals surface area contributed by atoms with Crippen molar-refractivity contribution in [2.24, 2.45) is 0 Å². The van der Waals surface area contributed by atoms with E-state index in [2.05, 4.69) is 10.3 Å². The summed E-state index contributed by atoms with van der Waals surface area (Å²) < 4.78 is 10.2. The molecule has 0 saturated carbocycles. The van der Waals surface area contributed by atoms with Crippen molar-refractivity contribution in [1.82, 2.24) is 15.1 Å². The van der Waals surface area contributed by atoms with Gasteiger partial charge in [-0.05, 0) is 17.3 Å². The van der Waals surface area contributed by atoms with Crippen molar-refractivity contribution in [3.05, 3.63) is 12.1 Å². The summed E-state index contributed by atoms with van der Waals surface area (Å²) in [6.07, 6.45) is 0. The highest BCUT2D eigenvalue weighted by Gasteiger charge is 2.13. The molecule has 0 aliphatic carbocycles. The third kappa shape index (κ3) is 1.04. The Kier molecular flexibility index (Phi) is 1.88. The Balaban J connectivity index is 2.81. The van der Waals surface area contributed by atoms with Crippen molar-refractivity contribution in [3.8, 4) is 11.5 Å². The highest BCUT2D eigenvalue weighted by atomic mass is 16.5. The molecule has 6 nitrogen and oxygen atoms in total. The Hall–Kier alpha value is -1.98. The van der Waals surface area contributed by atoms with Crippen molar-refractivity contribution >= 4 is 11.0 Å². The van der Waals surface area contributed by atoms with Crippen LogP contribution in [-0.4, -0.2) is 29.3 Å². The molecule has 74 valence electrons. The largest absolute Gasteiger partial charge is 0.494 e. The zero-order chi connectivity index (χ0) is 10.1. The molecule has 2 N–H and O–H groups in total. The van der Waals surface area contributed by atoms with Crippen LogP contribution in [-0.2, 0) is 0 Å². The van der Waals surface area contributed by atoms with Gasteiger partial charge in [-0.1, -0.05) is 0 Å². The monoisotopic (exact) mass is 194 g/mol. The van der Waals surface area contributed by atoms with Crippen molar-refractivity contribution in [2.75, 3.05) is 20.1 Å². The molecule has 0 fully saturated rings. The quantitative estimate of drug-likeness (QED) is 0.689. The van der Waals surface area contributed by atoms with Gasteiger partial charge in [0.05, 0.1) is 14.2 Å². The Morgan fingerprint density at radius 1 is 1.21 bits per heavy atom. The van der Waals surface area contributed by atoms with E-state index in [9.17, 15) is 0 Å². The number of nitrogen functional groups attached to an aromatic ring is 1. The summed E-state index contributed by atoms with van der Waals surface area (Å²) in [7, 11) is 3.13. The minimum Gasteiger partial charge on any atom is -0.494 e. The summed E-state index contributed by atoms with van der Waals surface area (Å²) in [6.45, 7) is 0. The van der Waals surface area contributed by atoms with Gasteiger partial charge >= 0.3 is 0 Å². The van der Waals surface area contributed by atoms with E-state index in [1.807, 2.05) is 0 Å². The predicted octanol–water partition coefficient (Wildman–Crippen LogP) is 0.162. The molecule has 0 bridgehead atoms. The Morgan fingerprint density at radius 2 is 1.86 bits per heavy atom. The van der Waals surface area contributed by atoms with Crippen LogP contribution in [0.5, 0.6) is 11.5 Å². The molecule has 0 saturated heterocycles. The summed E-state index contributed by atoms with van der Waals surface area (Å²) in [6, 6.07) is 3.52. The lowest BCUT2D eigenvalue weighted by atomic mass is 10.2. The minimum absolute atomic E-state index is 0.592. The molecule has 6 heteroatoms. The molecule has 0 aliphatic rings. The first kappa shape index (κ1) is 8.61. The van der Waals surface area contributed by atoms with Crippen LogP contribution in [0.25, 0.3) is 11.0 Å². The van der Waals surface area contributed by atoms with Gasteiger partial charge in [0.15, 0.2) is 11.0 Å². The van der Waals surface area contributed by atoms with Crippen LogP contribution in [0.1, 0.15) is 0 Å². The third-order valence-electron chi connectivity index (χ3n) is 1.99. The van der Waals surface area contributed by atoms with Crippen molar-refractivity contribution in [2.45, 2.75) is 0 Å². The maximum Gasteiger partial charge on any atom is 0.161 e. The standard InChI is InChI=1S/C8H10N4O2/c1-13-5-3-4-6(14-2)8-7(5)10-11-12(8)9/h3-4H,9H2,1-2H3. The van der Waals surface area contributed by atoms with Gasteiger partial charge in [0.1, 0.15) is 11.5 Å². The highest BCUT2D eigenvalue weighted by molar-refractivity contribution is 5.86. The summed E-state index contributed by atoms with van der Waals surface area (Å²) in [5.74, 6) is 6.83. The maximum absolute atomic E-state index is 5.58. The number of hydrogen-bond acceptors (Lipinski definition) is 5. The van der Waals surface area contributed by atoms with Crippen LogP contribution in [0.4, 0.5) is 0 Å². The van der Waals surface area contributed by atoms with Crippen LogP contribution < -0.4 is 15.3 Å². The molecule has 14 heavy (non-hydrogen) atoms. The fourth-order valence-electron chi connectivity index (χ4n) is 1.33. The first-order valence-electron chi connectivity index (χ1n) is 3.99. The summed E-state index contributed by atoms with van der Waals surface area (Å²) in [5, 5.41) is 7.58. The van der Waals surface area contributed by atoms with Crippen molar-refractivity contribution in [1.29, 1.82) is 0 Å². The van der Waals surface area contributed by atoms with Crippen LogP contribution >= 0.6 is 0 Å². The number of ether oxygens (including phenoxy) is 2. The Labute approximate surface area is 80.2 Å². The van der Waals surface area contributed by atoms with Gasteiger partial charge in [-0.25, -0.2) is 0 Å². The Bertz CT molecular complexity index is 466. The molecule has 0 amide bonds. The molecule has 1 heterocycles. The van der Waals surface area contributed by atoms with Gasteiger partial charge in [-0.2, -0.15) is 4.79 Å². The van der Waals surface area contributed by atoms with E-state index in [1.165, 1.54) is 0 Å². The summed E-state index contributed by atoms with van der Waals surface area (Å²) in [5.41, 5.74) is 1.21. The van der Waals surface area contributed by atoms with Gasteiger partial charge < -0.3 is 15.3 Å². The Morgan fingerprint density at radius 3 is 2.50 bits per heavy atom. The topological polar surface area (TPSA) is 75.2 Å². The third-order valence-corrected chi connectivity index (χ3v) is 1.99. The molecule has 0 aliphatic heterocycles. The zero-order valence-electron chi connectivity index (χ0n) is 7.89. The molecule has 0 unspecified atom stereocenters. The van der Waals surface area contributed by atoms with Gasteiger partial charge in [0, 0.05) is 0 Å². The lowest BCUT2D eigenvalue weighted by Crippen LogP contribution is -2.10. The average molecular weight is 194 g/mol. The number of hydrogen-bond donors (Lipinski definition) is 1. The summed E-state index contributed by atoms with van der Waals surface area (Å²) >= 11 is 0. The second kappa shape index (κ2) is 3.06. The molecular weight excluding hydrogens is 184 g/mol. The number of nitrogens with zero attached hydrogens (tertiary/aromatic N) is 3. The lowest BCUT2D eigenvalue weighted by molar-refractivity contribution is 0.409. The lowest BCUT2D eigenvalue weighted by Gasteiger charge is -2.04. The molecular formula is C8H10N4O2. The van der Waals surface area contributed by atoms with E-state index in [-0.39, 0.29) is 0 Å². The number of rotatable bonds is 2. The highest BCUT2D eigenvalue weighted by Crippen LogP contribution is 2.29. The molecule has 0 radical (unpaired) electrons. The first-order chi connectivity index (χ1) is 6.77. The normalized spacial score (nSPS) is 10.4. The van der Waals surface area contributed by atoms with Crippen molar-refractivity contribution in [3.63, 3.8) is 0 Å². The van der Waals surface area contributed by atoms with E-state index < -0.39 is 0 Å². The number of nitrogens with two attached hydrogens (primary N) is 1. The summed E-state index contributed by atoms with van der Waals surface area (Å²) in [4.78, 5) is 1.16. The first-order valence-corrected chi connectivity index (χ1v) is 3.99. The van der Waals surface area contributed by atoms with E-state index in [0.717, 1.165) is 4.79 Å². The maximum atomic E-state index is 5.58. The second-order valence-corrected chi connectivity index (χ2v) is 2.70. The molecule has 0 atom stereocenters. The second-order valence-electron chi connectivity index (χ2n) is 2.70. The van der Waals surface area contributed by atoms with Gasteiger partial charge in [0.25, 0.3) is 0 Å². The SMILES string of the molecule is COc1ccc(OC)c2c1nnn2N. The average Bonchev–Trinajstić information content (AvgIpc) is 2.60. The van der Waals surface area contributed by atoms with Gasteiger partial charge in [-0.15, -0.1) is 5.10 Å². The van der Waals surface area contributed by atoms with Crippen LogP contribution in [0, 0.1) is 0 Å². The number of fused-ring (bicyclic) bond motifs is 1. The number of aromatic nitrogens is 3. The van der Waals surface area contributed by atoms with E-state index in [1.54, 1.807) is 26.4 Å². The van der Waals surface area contributed by atoms with Crippen LogP contribution in [0.2, 0.25) is 0 Å². The van der Waals surface area contributed by atoms with E-state index >= 15 is 0 Å². The zero-order valence-corrected chi connectivity index (χ0v) is 7.89. The van der Waals surface area contributed by atoms with Crippen LogP contribution in [0.15, 0.2) is 12.1 Å². The molecule has 2 rings (SSSR count). The fourth-order valence-corrected chi connectivity index (χ4v) is 1.33. The van der Waals surface area contributed by atoms with Gasteiger partial charge in [0.2, 0.25) is 0 Å². The molecule has 1 aromatic heterocycles. The molecule has 2 aromatic rings. The fraction of sp³-hybridized carbons (Fsp3) is 0.250. The van der Waals surface area contributed by atoms with E-state index in [0.29, 0.717) is 22.5 Å². The molecule has 0 spiro atoms. The number of methoxy groups -OCH3 is 2. The molecule has 1 aromatic carbocycles.